The quantitative estimate of drug-likeness (QED) is 0.668. The van der Waals surface area contributed by atoms with Gasteiger partial charge in [-0.05, 0) is 19.3 Å². The van der Waals surface area contributed by atoms with Crippen molar-refractivity contribution < 1.29 is 14.6 Å². The smallest absolute Gasteiger partial charge is 0.220 e. The summed E-state index contributed by atoms with van der Waals surface area (Å²) in [6, 6.07) is -0.0335. The Morgan fingerprint density at radius 1 is 1.47 bits per heavy atom. The number of carbonyl (C=O) groups is 1. The fraction of sp³-hybridized carbons (Fsp3) is 0.909. The highest BCUT2D eigenvalue weighted by Crippen LogP contribution is 2.18. The Hall–Kier alpha value is -0.610. The van der Waals surface area contributed by atoms with Gasteiger partial charge in [-0.3, -0.25) is 4.79 Å². The first-order valence-electron chi connectivity index (χ1n) is 5.70. The second kappa shape index (κ2) is 6.80. The maximum atomic E-state index is 11.5. The van der Waals surface area contributed by atoms with Crippen LogP contribution in [0.3, 0.4) is 0 Å². The van der Waals surface area contributed by atoms with Gasteiger partial charge in [0, 0.05) is 20.1 Å². The van der Waals surface area contributed by atoms with Crippen LogP contribution in [0.2, 0.25) is 0 Å². The Labute approximate surface area is 91.0 Å². The number of amides is 1. The summed E-state index contributed by atoms with van der Waals surface area (Å²) in [6.07, 6.45) is 4.74. The average Bonchev–Trinajstić information content (AvgIpc) is 2.22. The molecule has 0 saturated heterocycles. The number of aliphatic hydroxyl groups excluding tert-OH is 1. The molecule has 1 saturated carbocycles. The van der Waals surface area contributed by atoms with Crippen LogP contribution in [0.4, 0.5) is 0 Å². The Kier molecular flexibility index (Phi) is 5.65. The highest BCUT2D eigenvalue weighted by molar-refractivity contribution is 5.76. The number of carbonyl (C=O) groups excluding carboxylic acids is 1. The Bertz CT molecular complexity index is 196. The first-order chi connectivity index (χ1) is 7.24. The van der Waals surface area contributed by atoms with Gasteiger partial charge in [0.2, 0.25) is 5.91 Å². The molecule has 4 heteroatoms. The lowest BCUT2D eigenvalue weighted by Gasteiger charge is -2.28. The zero-order valence-corrected chi connectivity index (χ0v) is 9.37. The van der Waals surface area contributed by atoms with E-state index in [9.17, 15) is 9.90 Å². The zero-order chi connectivity index (χ0) is 11.1. The molecular weight excluding hydrogens is 194 g/mol. The Morgan fingerprint density at radius 3 is 2.87 bits per heavy atom. The Morgan fingerprint density at radius 2 is 2.20 bits per heavy atom. The number of rotatable bonds is 5. The molecule has 0 aromatic carbocycles. The molecular formula is C11H21NO3. The van der Waals surface area contributed by atoms with Gasteiger partial charge in [-0.25, -0.2) is 0 Å². The maximum absolute atomic E-state index is 11.5. The van der Waals surface area contributed by atoms with E-state index in [2.05, 4.69) is 5.32 Å². The summed E-state index contributed by atoms with van der Waals surface area (Å²) in [6.45, 7) is 0.612. The lowest BCUT2D eigenvalue weighted by molar-refractivity contribution is -0.123. The molecule has 0 aromatic rings. The monoisotopic (exact) mass is 215 g/mol. The van der Waals surface area contributed by atoms with E-state index in [1.165, 1.54) is 0 Å². The summed E-state index contributed by atoms with van der Waals surface area (Å²) >= 11 is 0. The van der Waals surface area contributed by atoms with Crippen LogP contribution in [0.5, 0.6) is 0 Å². The van der Waals surface area contributed by atoms with E-state index < -0.39 is 0 Å². The van der Waals surface area contributed by atoms with Crippen molar-refractivity contribution in [3.8, 4) is 0 Å². The van der Waals surface area contributed by atoms with Crippen LogP contribution in [0.25, 0.3) is 0 Å². The molecule has 0 spiro atoms. The van der Waals surface area contributed by atoms with Gasteiger partial charge in [0.15, 0.2) is 0 Å². The van der Waals surface area contributed by atoms with E-state index in [-0.39, 0.29) is 18.1 Å². The highest BCUT2D eigenvalue weighted by atomic mass is 16.5. The molecule has 2 atom stereocenters. The molecule has 15 heavy (non-hydrogen) atoms. The number of methoxy groups -OCH3 is 1. The van der Waals surface area contributed by atoms with Crippen LogP contribution in [0, 0.1) is 0 Å². The number of ether oxygens (including phenoxy) is 1. The first kappa shape index (κ1) is 12.5. The fourth-order valence-corrected chi connectivity index (χ4v) is 1.94. The van der Waals surface area contributed by atoms with E-state index in [1.807, 2.05) is 0 Å². The molecule has 88 valence electrons. The summed E-state index contributed by atoms with van der Waals surface area (Å²) in [4.78, 5) is 11.5. The third-order valence-corrected chi connectivity index (χ3v) is 2.83. The van der Waals surface area contributed by atoms with Gasteiger partial charge in [-0.2, -0.15) is 0 Å². The van der Waals surface area contributed by atoms with Crippen molar-refractivity contribution in [2.24, 2.45) is 0 Å². The van der Waals surface area contributed by atoms with Crippen LogP contribution in [-0.4, -0.2) is 36.9 Å². The third kappa shape index (κ3) is 4.62. The van der Waals surface area contributed by atoms with Crippen LogP contribution < -0.4 is 5.32 Å². The van der Waals surface area contributed by atoms with Crippen LogP contribution in [0.1, 0.15) is 38.5 Å². The van der Waals surface area contributed by atoms with Gasteiger partial charge in [0.05, 0.1) is 12.1 Å². The van der Waals surface area contributed by atoms with Crippen LogP contribution in [-0.2, 0) is 9.53 Å². The summed E-state index contributed by atoms with van der Waals surface area (Å²) < 4.78 is 4.87. The third-order valence-electron chi connectivity index (χ3n) is 2.83. The van der Waals surface area contributed by atoms with Crippen LogP contribution >= 0.6 is 0 Å². The predicted octanol–water partition coefficient (Wildman–Crippen LogP) is 0.833. The molecule has 2 unspecified atom stereocenters. The lowest BCUT2D eigenvalue weighted by atomic mass is 9.92. The average molecular weight is 215 g/mol. The molecule has 0 radical (unpaired) electrons. The summed E-state index contributed by atoms with van der Waals surface area (Å²) in [7, 11) is 1.63. The second-order valence-corrected chi connectivity index (χ2v) is 4.12. The summed E-state index contributed by atoms with van der Waals surface area (Å²) in [5.74, 6) is 0.0259. The second-order valence-electron chi connectivity index (χ2n) is 4.12. The van der Waals surface area contributed by atoms with Crippen molar-refractivity contribution in [2.75, 3.05) is 13.7 Å². The lowest BCUT2D eigenvalue weighted by Crippen LogP contribution is -2.45. The molecule has 0 aromatic heterocycles. The number of aliphatic hydroxyl groups is 1. The first-order valence-corrected chi connectivity index (χ1v) is 5.70. The zero-order valence-electron chi connectivity index (χ0n) is 9.37. The SMILES string of the molecule is COCCCC(=O)NC1CCCCC1O. The summed E-state index contributed by atoms with van der Waals surface area (Å²) in [5.41, 5.74) is 0. The van der Waals surface area contributed by atoms with Gasteiger partial charge < -0.3 is 15.2 Å². The minimum Gasteiger partial charge on any atom is -0.391 e. The Balaban J connectivity index is 2.18. The van der Waals surface area contributed by atoms with E-state index in [0.717, 1.165) is 32.1 Å². The molecule has 0 heterocycles. The molecule has 0 aliphatic heterocycles. The number of hydrogen-bond donors (Lipinski definition) is 2. The molecule has 1 aliphatic rings. The van der Waals surface area contributed by atoms with Gasteiger partial charge in [0.25, 0.3) is 0 Å². The summed E-state index contributed by atoms with van der Waals surface area (Å²) in [5, 5.41) is 12.5. The fourth-order valence-electron chi connectivity index (χ4n) is 1.94. The van der Waals surface area contributed by atoms with Crippen molar-refractivity contribution in [1.29, 1.82) is 0 Å². The molecule has 0 bridgehead atoms. The van der Waals surface area contributed by atoms with Gasteiger partial charge in [-0.1, -0.05) is 12.8 Å². The topological polar surface area (TPSA) is 58.6 Å². The van der Waals surface area contributed by atoms with Crippen molar-refractivity contribution >= 4 is 5.91 Å². The van der Waals surface area contributed by atoms with E-state index in [0.29, 0.717) is 13.0 Å². The minimum atomic E-state index is -0.356. The van der Waals surface area contributed by atoms with E-state index in [4.69, 9.17) is 4.74 Å². The largest absolute Gasteiger partial charge is 0.391 e. The van der Waals surface area contributed by atoms with E-state index in [1.54, 1.807) is 7.11 Å². The molecule has 2 N–H and O–H groups in total. The highest BCUT2D eigenvalue weighted by Gasteiger charge is 2.23. The molecule has 1 amide bonds. The van der Waals surface area contributed by atoms with Gasteiger partial charge >= 0.3 is 0 Å². The molecule has 1 aliphatic carbocycles. The van der Waals surface area contributed by atoms with Gasteiger partial charge in [0.1, 0.15) is 0 Å². The van der Waals surface area contributed by atoms with Crippen molar-refractivity contribution in [3.05, 3.63) is 0 Å². The van der Waals surface area contributed by atoms with Crippen LogP contribution in [0.15, 0.2) is 0 Å². The van der Waals surface area contributed by atoms with Gasteiger partial charge in [-0.15, -0.1) is 0 Å². The van der Waals surface area contributed by atoms with E-state index >= 15 is 0 Å². The number of hydrogen-bond acceptors (Lipinski definition) is 3. The standard InChI is InChI=1S/C11H21NO3/c1-15-8-4-7-11(14)12-9-5-2-3-6-10(9)13/h9-10,13H,2-8H2,1H3,(H,12,14). The molecule has 4 nitrogen and oxygen atoms in total. The van der Waals surface area contributed by atoms with Crippen molar-refractivity contribution in [2.45, 2.75) is 50.7 Å². The predicted molar refractivity (Wildman–Crippen MR) is 57.5 cm³/mol. The number of nitrogens with one attached hydrogen (secondary N) is 1. The molecule has 1 rings (SSSR count). The minimum absolute atomic E-state index is 0.0259. The maximum Gasteiger partial charge on any atom is 0.220 e. The molecule has 1 fully saturated rings. The van der Waals surface area contributed by atoms with Crippen molar-refractivity contribution in [1.82, 2.24) is 5.32 Å². The van der Waals surface area contributed by atoms with Crippen molar-refractivity contribution in [3.63, 3.8) is 0 Å². The normalized spacial score (nSPS) is 26.3.